The molecule has 2 rings (SSSR count). The number of rotatable bonds is 4. The Labute approximate surface area is 113 Å². The first-order valence-electron chi connectivity index (χ1n) is 6.42. The Bertz CT molecular complexity index is 511. The van der Waals surface area contributed by atoms with Crippen molar-refractivity contribution in [2.45, 2.75) is 31.3 Å². The van der Waals surface area contributed by atoms with E-state index in [2.05, 4.69) is 13.2 Å². The van der Waals surface area contributed by atoms with Crippen LogP contribution in [0.15, 0.2) is 37.4 Å². The van der Waals surface area contributed by atoms with Crippen LogP contribution in [0, 0.1) is 0 Å². The normalized spacial score (nSPS) is 16.8. The van der Waals surface area contributed by atoms with Crippen molar-refractivity contribution in [3.05, 3.63) is 48.6 Å². The SMILES string of the molecule is C=Cc1ccc(O)c(C(=O)OC2(C=C)CCCC2)c1. The van der Waals surface area contributed by atoms with Crippen LogP contribution in [0.5, 0.6) is 5.75 Å². The molecule has 0 spiro atoms. The van der Waals surface area contributed by atoms with E-state index >= 15 is 0 Å². The zero-order valence-corrected chi connectivity index (χ0v) is 10.9. The highest BCUT2D eigenvalue weighted by molar-refractivity contribution is 5.93. The van der Waals surface area contributed by atoms with Crippen molar-refractivity contribution in [1.29, 1.82) is 0 Å². The number of phenols is 1. The predicted octanol–water partition coefficient (Wildman–Crippen LogP) is 3.69. The monoisotopic (exact) mass is 258 g/mol. The predicted molar refractivity (Wildman–Crippen MR) is 75.0 cm³/mol. The van der Waals surface area contributed by atoms with Crippen molar-refractivity contribution in [3.63, 3.8) is 0 Å². The Morgan fingerprint density at radius 2 is 2.00 bits per heavy atom. The number of esters is 1. The van der Waals surface area contributed by atoms with Gasteiger partial charge >= 0.3 is 5.97 Å². The minimum Gasteiger partial charge on any atom is -0.507 e. The van der Waals surface area contributed by atoms with Crippen LogP contribution in [0.25, 0.3) is 6.08 Å². The molecule has 0 bridgehead atoms. The van der Waals surface area contributed by atoms with Gasteiger partial charge in [0.15, 0.2) is 0 Å². The summed E-state index contributed by atoms with van der Waals surface area (Å²) in [6.07, 6.45) is 6.96. The van der Waals surface area contributed by atoms with Gasteiger partial charge in [-0.05, 0) is 49.5 Å². The van der Waals surface area contributed by atoms with E-state index in [9.17, 15) is 9.90 Å². The summed E-state index contributed by atoms with van der Waals surface area (Å²) in [5, 5.41) is 9.77. The Balaban J connectivity index is 2.24. The van der Waals surface area contributed by atoms with E-state index in [-0.39, 0.29) is 11.3 Å². The van der Waals surface area contributed by atoms with Crippen LogP contribution in [0.1, 0.15) is 41.6 Å². The largest absolute Gasteiger partial charge is 0.507 e. The third-order valence-electron chi connectivity index (χ3n) is 3.59. The number of aromatic hydroxyl groups is 1. The van der Waals surface area contributed by atoms with Gasteiger partial charge in [0.25, 0.3) is 0 Å². The topological polar surface area (TPSA) is 46.5 Å². The molecule has 0 amide bonds. The molecule has 0 unspecified atom stereocenters. The summed E-state index contributed by atoms with van der Waals surface area (Å²) in [6.45, 7) is 7.41. The minimum atomic E-state index is -0.576. The lowest BCUT2D eigenvalue weighted by molar-refractivity contribution is 0.00643. The number of benzene rings is 1. The molecular formula is C16H18O3. The molecule has 1 saturated carbocycles. The summed E-state index contributed by atoms with van der Waals surface area (Å²) in [4.78, 5) is 12.2. The van der Waals surface area contributed by atoms with E-state index in [1.165, 1.54) is 6.07 Å². The van der Waals surface area contributed by atoms with Crippen molar-refractivity contribution in [2.24, 2.45) is 0 Å². The minimum absolute atomic E-state index is 0.0761. The molecule has 0 radical (unpaired) electrons. The van der Waals surface area contributed by atoms with Gasteiger partial charge in [-0.3, -0.25) is 0 Å². The number of ether oxygens (including phenoxy) is 1. The van der Waals surface area contributed by atoms with E-state index in [0.717, 1.165) is 31.2 Å². The zero-order valence-electron chi connectivity index (χ0n) is 10.9. The van der Waals surface area contributed by atoms with Gasteiger partial charge in [-0.1, -0.05) is 25.3 Å². The summed E-state index contributed by atoms with van der Waals surface area (Å²) in [6, 6.07) is 4.75. The second-order valence-electron chi connectivity index (χ2n) is 4.85. The second kappa shape index (κ2) is 5.31. The van der Waals surface area contributed by atoms with Crippen LogP contribution in [-0.4, -0.2) is 16.7 Å². The fraction of sp³-hybridized carbons (Fsp3) is 0.312. The van der Waals surface area contributed by atoms with Crippen LogP contribution in [-0.2, 0) is 4.74 Å². The van der Waals surface area contributed by atoms with Crippen molar-refractivity contribution < 1.29 is 14.6 Å². The summed E-state index contributed by atoms with van der Waals surface area (Å²) in [5.74, 6) is -0.587. The van der Waals surface area contributed by atoms with Gasteiger partial charge in [0.2, 0.25) is 0 Å². The van der Waals surface area contributed by atoms with Gasteiger partial charge in [-0.25, -0.2) is 4.79 Å². The molecular weight excluding hydrogens is 240 g/mol. The standard InChI is InChI=1S/C16H18O3/c1-3-12-7-8-14(17)13(11-12)15(18)19-16(4-2)9-5-6-10-16/h3-4,7-8,11,17H,1-2,5-6,9-10H2. The van der Waals surface area contributed by atoms with Gasteiger partial charge in [0, 0.05) is 0 Å². The van der Waals surface area contributed by atoms with Gasteiger partial charge in [-0.2, -0.15) is 0 Å². The van der Waals surface area contributed by atoms with E-state index in [0.29, 0.717) is 0 Å². The Hall–Kier alpha value is -2.03. The molecule has 1 fully saturated rings. The zero-order chi connectivity index (χ0) is 13.9. The first-order chi connectivity index (χ1) is 9.10. The molecule has 0 atom stereocenters. The van der Waals surface area contributed by atoms with E-state index in [4.69, 9.17) is 4.74 Å². The summed E-state index contributed by atoms with van der Waals surface area (Å²) >= 11 is 0. The van der Waals surface area contributed by atoms with Crippen molar-refractivity contribution in [2.75, 3.05) is 0 Å². The van der Waals surface area contributed by atoms with E-state index in [1.54, 1.807) is 24.3 Å². The number of carbonyl (C=O) groups is 1. The van der Waals surface area contributed by atoms with Crippen molar-refractivity contribution >= 4 is 12.0 Å². The van der Waals surface area contributed by atoms with E-state index in [1.807, 2.05) is 0 Å². The summed E-state index contributed by atoms with van der Waals surface area (Å²) < 4.78 is 5.56. The average Bonchev–Trinajstić information content (AvgIpc) is 2.88. The Kier molecular flexibility index (Phi) is 3.74. The highest BCUT2D eigenvalue weighted by Crippen LogP contribution is 2.35. The molecule has 0 saturated heterocycles. The maximum atomic E-state index is 12.2. The average molecular weight is 258 g/mol. The van der Waals surface area contributed by atoms with Gasteiger partial charge in [-0.15, -0.1) is 0 Å². The fourth-order valence-corrected chi connectivity index (χ4v) is 2.41. The third-order valence-corrected chi connectivity index (χ3v) is 3.59. The molecule has 3 nitrogen and oxygen atoms in total. The summed E-state index contributed by atoms with van der Waals surface area (Å²) in [7, 11) is 0. The Morgan fingerprint density at radius 3 is 2.58 bits per heavy atom. The van der Waals surface area contributed by atoms with Crippen LogP contribution in [0.2, 0.25) is 0 Å². The molecule has 100 valence electrons. The molecule has 0 aromatic heterocycles. The van der Waals surface area contributed by atoms with Crippen LogP contribution < -0.4 is 0 Å². The maximum Gasteiger partial charge on any atom is 0.342 e. The quantitative estimate of drug-likeness (QED) is 0.661. The lowest BCUT2D eigenvalue weighted by atomic mass is 10.0. The highest BCUT2D eigenvalue weighted by Gasteiger charge is 2.35. The third kappa shape index (κ3) is 2.70. The second-order valence-corrected chi connectivity index (χ2v) is 4.85. The van der Waals surface area contributed by atoms with Crippen molar-refractivity contribution in [3.8, 4) is 5.75 Å². The summed E-state index contributed by atoms with van der Waals surface area (Å²) in [5.41, 5.74) is 0.364. The molecule has 3 heteroatoms. The van der Waals surface area contributed by atoms with Gasteiger partial charge in [0.05, 0.1) is 0 Å². The van der Waals surface area contributed by atoms with Crippen molar-refractivity contribution in [1.82, 2.24) is 0 Å². The molecule has 0 aliphatic heterocycles. The lowest BCUT2D eigenvalue weighted by Gasteiger charge is -2.25. The molecule has 1 aliphatic carbocycles. The molecule has 0 heterocycles. The number of hydrogen-bond acceptors (Lipinski definition) is 3. The number of phenolic OH excluding ortho intramolecular Hbond substituents is 1. The highest BCUT2D eigenvalue weighted by atomic mass is 16.6. The molecule has 19 heavy (non-hydrogen) atoms. The first-order valence-corrected chi connectivity index (χ1v) is 6.42. The smallest absolute Gasteiger partial charge is 0.342 e. The number of hydrogen-bond donors (Lipinski definition) is 1. The number of carbonyl (C=O) groups excluding carboxylic acids is 1. The molecule has 1 aromatic carbocycles. The van der Waals surface area contributed by atoms with Crippen LogP contribution in [0.4, 0.5) is 0 Å². The maximum absolute atomic E-state index is 12.2. The fourth-order valence-electron chi connectivity index (χ4n) is 2.41. The van der Waals surface area contributed by atoms with Crippen LogP contribution >= 0.6 is 0 Å². The first kappa shape index (κ1) is 13.4. The van der Waals surface area contributed by atoms with Gasteiger partial charge < -0.3 is 9.84 Å². The molecule has 1 aromatic rings. The van der Waals surface area contributed by atoms with E-state index < -0.39 is 11.6 Å². The van der Waals surface area contributed by atoms with Crippen LogP contribution in [0.3, 0.4) is 0 Å². The van der Waals surface area contributed by atoms with Gasteiger partial charge in [0.1, 0.15) is 16.9 Å². The lowest BCUT2D eigenvalue weighted by Crippen LogP contribution is -2.29. The molecule has 1 N–H and O–H groups in total. The molecule has 1 aliphatic rings. The Morgan fingerprint density at radius 1 is 1.32 bits per heavy atom.